The Balaban J connectivity index is 1.41. The van der Waals surface area contributed by atoms with Gasteiger partial charge in [0.2, 0.25) is 5.91 Å². The first-order valence-corrected chi connectivity index (χ1v) is 11.4. The minimum atomic E-state index is -0.116. The fourth-order valence-corrected chi connectivity index (χ4v) is 3.57. The summed E-state index contributed by atoms with van der Waals surface area (Å²) in [6.45, 7) is 6.05. The summed E-state index contributed by atoms with van der Waals surface area (Å²) in [5.41, 5.74) is 2.07. The number of nitrogens with one attached hydrogen (secondary N) is 2. The third-order valence-electron chi connectivity index (χ3n) is 4.76. The molecule has 0 fully saturated rings. The highest BCUT2D eigenvalue weighted by Crippen LogP contribution is 2.23. The van der Waals surface area contributed by atoms with Crippen LogP contribution in [0.2, 0.25) is 0 Å². The van der Waals surface area contributed by atoms with Gasteiger partial charge in [-0.1, -0.05) is 42.9 Å². The number of aromatic nitrogens is 5. The predicted molar refractivity (Wildman–Crippen MR) is 121 cm³/mol. The Morgan fingerprint density at radius 3 is 2.87 bits per heavy atom. The maximum atomic E-state index is 12.4. The fraction of sp³-hybridized carbons (Fsp3) is 0.381. The normalized spacial score (nSPS) is 11.5. The molecule has 0 spiro atoms. The number of amides is 1. The van der Waals surface area contributed by atoms with E-state index in [1.165, 1.54) is 11.8 Å². The largest absolute Gasteiger partial charge is 0.369 e. The third-order valence-corrected chi connectivity index (χ3v) is 5.31. The Labute approximate surface area is 184 Å². The summed E-state index contributed by atoms with van der Waals surface area (Å²) in [4.78, 5) is 21.6. The summed E-state index contributed by atoms with van der Waals surface area (Å²) in [6.07, 6.45) is 3.88. The van der Waals surface area contributed by atoms with Gasteiger partial charge in [-0.05, 0) is 24.3 Å². The molecule has 162 valence electrons. The van der Waals surface area contributed by atoms with Gasteiger partial charge in [-0.3, -0.25) is 4.79 Å². The Kier molecular flexibility index (Phi) is 6.36. The summed E-state index contributed by atoms with van der Waals surface area (Å²) >= 11 is 1.49. The average Bonchev–Trinajstić information content (AvgIpc) is 3.36. The van der Waals surface area contributed by atoms with Crippen molar-refractivity contribution in [3.63, 3.8) is 0 Å². The predicted octanol–water partition coefficient (Wildman–Crippen LogP) is 3.12. The van der Waals surface area contributed by atoms with Gasteiger partial charge in [0, 0.05) is 18.5 Å². The van der Waals surface area contributed by atoms with Gasteiger partial charge in [0.1, 0.15) is 11.5 Å². The highest BCUT2D eigenvalue weighted by atomic mass is 32.2. The second-order valence-corrected chi connectivity index (χ2v) is 8.36. The van der Waals surface area contributed by atoms with E-state index in [1.807, 2.05) is 30.5 Å². The van der Waals surface area contributed by atoms with Gasteiger partial charge in [-0.2, -0.15) is 5.10 Å². The Hall–Kier alpha value is -3.14. The molecule has 0 atom stereocenters. The van der Waals surface area contributed by atoms with E-state index in [0.717, 1.165) is 28.8 Å². The molecule has 0 aliphatic carbocycles. The van der Waals surface area contributed by atoms with Crippen molar-refractivity contribution in [1.29, 1.82) is 0 Å². The number of hydrogen-bond acceptors (Lipinski definition) is 8. The molecule has 2 N–H and O–H groups in total. The van der Waals surface area contributed by atoms with Gasteiger partial charge in [-0.15, -0.1) is 0 Å². The minimum absolute atomic E-state index is 0.116. The van der Waals surface area contributed by atoms with E-state index in [1.54, 1.807) is 10.9 Å². The maximum Gasteiger partial charge on any atom is 0.226 e. The van der Waals surface area contributed by atoms with Gasteiger partial charge in [0.05, 0.1) is 24.5 Å². The van der Waals surface area contributed by atoms with E-state index in [4.69, 9.17) is 4.52 Å². The molecule has 0 radical (unpaired) electrons. The lowest BCUT2D eigenvalue weighted by Gasteiger charge is -2.10. The van der Waals surface area contributed by atoms with Gasteiger partial charge in [-0.25, -0.2) is 14.6 Å². The zero-order chi connectivity index (χ0) is 21.8. The lowest BCUT2D eigenvalue weighted by Crippen LogP contribution is -2.29. The molecule has 0 aliphatic rings. The van der Waals surface area contributed by atoms with Crippen molar-refractivity contribution < 1.29 is 9.32 Å². The number of carbonyl (C=O) groups excluding carboxylic acids is 1. The number of carbonyl (C=O) groups is 1. The Morgan fingerprint density at radius 1 is 1.23 bits per heavy atom. The lowest BCUT2D eigenvalue weighted by molar-refractivity contribution is -0.120. The van der Waals surface area contributed by atoms with E-state index in [2.05, 4.69) is 44.7 Å². The number of anilines is 1. The summed E-state index contributed by atoms with van der Waals surface area (Å²) in [5, 5.41) is 17.2. The zero-order valence-corrected chi connectivity index (χ0v) is 18.6. The molecule has 3 heterocycles. The number of hydrogen-bond donors (Lipinski definition) is 2. The highest BCUT2D eigenvalue weighted by Gasteiger charge is 2.14. The molecular formula is C21H25N7O2S. The van der Waals surface area contributed by atoms with Gasteiger partial charge < -0.3 is 15.2 Å². The van der Waals surface area contributed by atoms with Crippen LogP contribution in [0, 0.1) is 5.92 Å². The van der Waals surface area contributed by atoms with Crippen molar-refractivity contribution >= 4 is 45.5 Å². The quantitative estimate of drug-likeness (QED) is 0.302. The van der Waals surface area contributed by atoms with Crippen molar-refractivity contribution in [3.05, 3.63) is 36.2 Å². The second-order valence-electron chi connectivity index (χ2n) is 7.59. The molecule has 0 bridgehead atoms. The van der Waals surface area contributed by atoms with Crippen LogP contribution in [0.3, 0.4) is 0 Å². The van der Waals surface area contributed by atoms with E-state index < -0.39 is 0 Å². The maximum absolute atomic E-state index is 12.4. The van der Waals surface area contributed by atoms with Crippen molar-refractivity contribution in [1.82, 2.24) is 30.2 Å². The van der Waals surface area contributed by atoms with Crippen LogP contribution in [0.1, 0.15) is 19.5 Å². The number of benzene rings is 1. The van der Waals surface area contributed by atoms with Crippen LogP contribution in [0.25, 0.3) is 22.0 Å². The fourth-order valence-electron chi connectivity index (χ4n) is 3.21. The molecule has 31 heavy (non-hydrogen) atoms. The summed E-state index contributed by atoms with van der Waals surface area (Å²) in [7, 11) is 0. The van der Waals surface area contributed by atoms with Crippen molar-refractivity contribution in [3.8, 4) is 0 Å². The van der Waals surface area contributed by atoms with Crippen LogP contribution in [-0.4, -0.2) is 50.2 Å². The zero-order valence-electron chi connectivity index (χ0n) is 17.8. The smallest absolute Gasteiger partial charge is 0.226 e. The number of thioether (sulfide) groups is 1. The molecule has 9 nitrogen and oxygen atoms in total. The van der Waals surface area contributed by atoms with Gasteiger partial charge in [0.15, 0.2) is 16.4 Å². The molecule has 0 saturated carbocycles. The first-order valence-electron chi connectivity index (χ1n) is 10.2. The van der Waals surface area contributed by atoms with Crippen molar-refractivity contribution in [2.75, 3.05) is 24.7 Å². The molecule has 1 aromatic carbocycles. The third kappa shape index (κ3) is 4.79. The lowest BCUT2D eigenvalue weighted by atomic mass is 10.1. The summed E-state index contributed by atoms with van der Waals surface area (Å²) < 4.78 is 7.06. The second kappa shape index (κ2) is 9.34. The van der Waals surface area contributed by atoms with Crippen LogP contribution in [0.15, 0.2) is 40.1 Å². The van der Waals surface area contributed by atoms with E-state index in [9.17, 15) is 4.79 Å². The SMILES string of the molecule is CSc1nc(NCC(C)C)c2cnn(CCNC(=O)Cc3noc4ccccc34)c2n1. The summed E-state index contributed by atoms with van der Waals surface area (Å²) in [5.74, 6) is 1.17. The molecule has 0 saturated heterocycles. The molecule has 10 heteroatoms. The van der Waals surface area contributed by atoms with Gasteiger partial charge in [0.25, 0.3) is 0 Å². The molecule has 3 aromatic heterocycles. The average molecular weight is 440 g/mol. The van der Waals surface area contributed by atoms with Crippen molar-refractivity contribution in [2.24, 2.45) is 5.92 Å². The van der Waals surface area contributed by atoms with Crippen LogP contribution in [0.4, 0.5) is 5.82 Å². The van der Waals surface area contributed by atoms with E-state index >= 15 is 0 Å². The number of nitrogens with zero attached hydrogens (tertiary/aromatic N) is 5. The molecule has 0 unspecified atom stereocenters. The van der Waals surface area contributed by atoms with Crippen LogP contribution >= 0.6 is 11.8 Å². The summed E-state index contributed by atoms with van der Waals surface area (Å²) in [6, 6.07) is 7.51. The number of para-hydroxylation sites is 1. The first-order chi connectivity index (χ1) is 15.0. The Bertz CT molecular complexity index is 1200. The number of rotatable bonds is 9. The van der Waals surface area contributed by atoms with Gasteiger partial charge >= 0.3 is 0 Å². The molecule has 1 amide bonds. The highest BCUT2D eigenvalue weighted by molar-refractivity contribution is 7.98. The van der Waals surface area contributed by atoms with E-state index in [0.29, 0.717) is 35.4 Å². The van der Waals surface area contributed by atoms with Crippen molar-refractivity contribution in [2.45, 2.75) is 32.0 Å². The van der Waals surface area contributed by atoms with Crippen LogP contribution < -0.4 is 10.6 Å². The Morgan fingerprint density at radius 2 is 2.06 bits per heavy atom. The first kappa shape index (κ1) is 21.1. The molecule has 4 aromatic rings. The van der Waals surface area contributed by atoms with E-state index in [-0.39, 0.29) is 12.3 Å². The van der Waals surface area contributed by atoms with Crippen LogP contribution in [0.5, 0.6) is 0 Å². The minimum Gasteiger partial charge on any atom is -0.369 e. The molecule has 0 aliphatic heterocycles. The standard InChI is InChI=1S/C21H25N7O2S/c1-13(2)11-23-19-15-12-24-28(20(15)26-21(25-19)31-3)9-8-22-18(29)10-16-14-6-4-5-7-17(14)30-27-16/h4-7,12-13H,8-11H2,1-3H3,(H,22,29)(H,23,25,26). The number of fused-ring (bicyclic) bond motifs is 2. The monoisotopic (exact) mass is 439 g/mol. The van der Waals surface area contributed by atoms with Crippen LogP contribution in [-0.2, 0) is 17.8 Å². The topological polar surface area (TPSA) is 111 Å². The molecular weight excluding hydrogens is 414 g/mol. The molecule has 4 rings (SSSR count).